The Kier molecular flexibility index (Phi) is 5.89. The molecule has 0 aromatic carbocycles. The van der Waals surface area contributed by atoms with Crippen molar-refractivity contribution in [1.29, 1.82) is 0 Å². The second-order valence-electron chi connectivity index (χ2n) is 5.10. The molecule has 0 atom stereocenters. The number of hydrogen-bond acceptors (Lipinski definition) is 6. The first kappa shape index (κ1) is 17.5. The second kappa shape index (κ2) is 8.09. The lowest BCUT2D eigenvalue weighted by atomic mass is 10.2. The van der Waals surface area contributed by atoms with Gasteiger partial charge in [0.25, 0.3) is 5.91 Å². The third-order valence-corrected chi connectivity index (χ3v) is 3.37. The van der Waals surface area contributed by atoms with Crippen LogP contribution in [0.15, 0.2) is 22.9 Å². The van der Waals surface area contributed by atoms with Gasteiger partial charge in [0, 0.05) is 23.9 Å². The van der Waals surface area contributed by atoms with Crippen molar-refractivity contribution < 1.29 is 18.8 Å². The molecule has 128 valence electrons. The summed E-state index contributed by atoms with van der Waals surface area (Å²) in [5, 5.41) is 9.22. The Morgan fingerprint density at radius 3 is 2.71 bits per heavy atom. The first-order chi connectivity index (χ1) is 11.5. The standard InChI is InChI=1S/C16H20N4O4/c1-4-23-16(22)19-8-13-7-12(5-6-17-13)15(21)18-9-14-10(2)20-24-11(14)3/h5-7H,4,8-9H2,1-3H3,(H,18,21)(H,19,22). The van der Waals surface area contributed by atoms with Gasteiger partial charge in [-0.2, -0.15) is 0 Å². The number of nitrogens with zero attached hydrogens (tertiary/aromatic N) is 2. The SMILES string of the molecule is CCOC(=O)NCc1cc(C(=O)NCc2c(C)noc2C)ccn1. The van der Waals surface area contributed by atoms with Crippen LogP contribution in [0.5, 0.6) is 0 Å². The molecule has 0 aliphatic rings. The fraction of sp³-hybridized carbons (Fsp3) is 0.375. The smallest absolute Gasteiger partial charge is 0.407 e. The Morgan fingerprint density at radius 1 is 1.25 bits per heavy atom. The van der Waals surface area contributed by atoms with Crippen molar-refractivity contribution in [3.63, 3.8) is 0 Å². The van der Waals surface area contributed by atoms with Crippen molar-refractivity contribution in [2.75, 3.05) is 6.61 Å². The number of ether oxygens (including phenoxy) is 1. The van der Waals surface area contributed by atoms with Gasteiger partial charge in [-0.25, -0.2) is 4.79 Å². The number of carbonyl (C=O) groups is 2. The Balaban J connectivity index is 1.95. The van der Waals surface area contributed by atoms with Crippen molar-refractivity contribution in [3.8, 4) is 0 Å². The van der Waals surface area contributed by atoms with Crippen molar-refractivity contribution in [2.45, 2.75) is 33.9 Å². The molecule has 2 aromatic rings. The zero-order chi connectivity index (χ0) is 17.5. The van der Waals surface area contributed by atoms with Crippen LogP contribution in [0.25, 0.3) is 0 Å². The summed E-state index contributed by atoms with van der Waals surface area (Å²) in [5.41, 5.74) is 2.63. The van der Waals surface area contributed by atoms with Crippen LogP contribution in [0.4, 0.5) is 4.79 Å². The number of alkyl carbamates (subject to hydrolysis) is 1. The van der Waals surface area contributed by atoms with Crippen LogP contribution in [-0.4, -0.2) is 28.7 Å². The van der Waals surface area contributed by atoms with E-state index < -0.39 is 6.09 Å². The molecule has 2 N–H and O–H groups in total. The second-order valence-corrected chi connectivity index (χ2v) is 5.10. The monoisotopic (exact) mass is 332 g/mol. The quantitative estimate of drug-likeness (QED) is 0.836. The number of rotatable bonds is 6. The van der Waals surface area contributed by atoms with Crippen molar-refractivity contribution >= 4 is 12.0 Å². The molecule has 0 aliphatic carbocycles. The van der Waals surface area contributed by atoms with E-state index in [-0.39, 0.29) is 12.5 Å². The highest BCUT2D eigenvalue weighted by atomic mass is 16.5. The molecule has 2 rings (SSSR count). The summed E-state index contributed by atoms with van der Waals surface area (Å²) in [5.74, 6) is 0.441. The summed E-state index contributed by atoms with van der Waals surface area (Å²) in [4.78, 5) is 27.6. The Hall–Kier alpha value is -2.90. The summed E-state index contributed by atoms with van der Waals surface area (Å²) in [6.45, 7) is 6.16. The predicted molar refractivity (Wildman–Crippen MR) is 85.2 cm³/mol. The fourth-order valence-corrected chi connectivity index (χ4v) is 2.09. The Labute approximate surface area is 139 Å². The van der Waals surface area contributed by atoms with Gasteiger partial charge in [-0.15, -0.1) is 0 Å². The highest BCUT2D eigenvalue weighted by Crippen LogP contribution is 2.12. The van der Waals surface area contributed by atoms with E-state index in [4.69, 9.17) is 9.26 Å². The maximum Gasteiger partial charge on any atom is 0.407 e. The lowest BCUT2D eigenvalue weighted by molar-refractivity contribution is 0.0950. The van der Waals surface area contributed by atoms with Gasteiger partial charge in [0.2, 0.25) is 0 Å². The van der Waals surface area contributed by atoms with Crippen LogP contribution in [0.3, 0.4) is 0 Å². The number of amides is 2. The van der Waals surface area contributed by atoms with Gasteiger partial charge in [-0.1, -0.05) is 5.16 Å². The molecule has 0 unspecified atom stereocenters. The summed E-state index contributed by atoms with van der Waals surface area (Å²) in [7, 11) is 0. The minimum Gasteiger partial charge on any atom is -0.450 e. The van der Waals surface area contributed by atoms with E-state index in [0.717, 1.165) is 11.3 Å². The van der Waals surface area contributed by atoms with Gasteiger partial charge in [-0.3, -0.25) is 9.78 Å². The lowest BCUT2D eigenvalue weighted by Crippen LogP contribution is -2.25. The van der Waals surface area contributed by atoms with Crippen molar-refractivity contribution in [3.05, 3.63) is 46.6 Å². The molecule has 2 amide bonds. The molecule has 8 nitrogen and oxygen atoms in total. The van der Waals surface area contributed by atoms with Gasteiger partial charge in [-0.05, 0) is 32.9 Å². The first-order valence-corrected chi connectivity index (χ1v) is 7.56. The summed E-state index contributed by atoms with van der Waals surface area (Å²) in [6.07, 6.45) is 1.00. The highest BCUT2D eigenvalue weighted by Gasteiger charge is 2.12. The Morgan fingerprint density at radius 2 is 2.04 bits per heavy atom. The zero-order valence-corrected chi connectivity index (χ0v) is 13.9. The van der Waals surface area contributed by atoms with Crippen LogP contribution >= 0.6 is 0 Å². The molecular formula is C16H20N4O4. The molecule has 0 bridgehead atoms. The molecule has 0 fully saturated rings. The molecule has 0 saturated heterocycles. The number of hydrogen-bond donors (Lipinski definition) is 2. The minimum atomic E-state index is -0.521. The number of aromatic nitrogens is 2. The van der Waals surface area contributed by atoms with E-state index in [1.54, 1.807) is 26.0 Å². The van der Waals surface area contributed by atoms with Gasteiger partial charge >= 0.3 is 6.09 Å². The molecule has 0 saturated carbocycles. The van der Waals surface area contributed by atoms with Crippen LogP contribution in [0.1, 0.15) is 40.0 Å². The molecule has 2 aromatic heterocycles. The minimum absolute atomic E-state index is 0.184. The van der Waals surface area contributed by atoms with Crippen LogP contribution < -0.4 is 10.6 Å². The lowest BCUT2D eigenvalue weighted by Gasteiger charge is -2.07. The number of carbonyl (C=O) groups excluding carboxylic acids is 2. The topological polar surface area (TPSA) is 106 Å². The van der Waals surface area contributed by atoms with E-state index in [1.165, 1.54) is 6.20 Å². The maximum atomic E-state index is 12.3. The van der Waals surface area contributed by atoms with Gasteiger partial charge in [0.1, 0.15) is 5.76 Å². The summed E-state index contributed by atoms with van der Waals surface area (Å²) >= 11 is 0. The molecular weight excluding hydrogens is 312 g/mol. The average Bonchev–Trinajstić information content (AvgIpc) is 2.89. The van der Waals surface area contributed by atoms with Crippen LogP contribution in [-0.2, 0) is 17.8 Å². The van der Waals surface area contributed by atoms with Gasteiger partial charge in [0.05, 0.1) is 24.5 Å². The van der Waals surface area contributed by atoms with Crippen LogP contribution in [0.2, 0.25) is 0 Å². The first-order valence-electron chi connectivity index (χ1n) is 7.56. The molecule has 0 spiro atoms. The zero-order valence-electron chi connectivity index (χ0n) is 13.9. The molecule has 0 radical (unpaired) electrons. The van der Waals surface area contributed by atoms with Crippen LogP contribution in [0, 0.1) is 13.8 Å². The average molecular weight is 332 g/mol. The van der Waals surface area contributed by atoms with Gasteiger partial charge in [0.15, 0.2) is 0 Å². The third kappa shape index (κ3) is 4.55. The van der Waals surface area contributed by atoms with E-state index in [1.807, 2.05) is 6.92 Å². The number of pyridine rings is 1. The molecule has 0 aliphatic heterocycles. The Bertz CT molecular complexity index is 707. The highest BCUT2D eigenvalue weighted by molar-refractivity contribution is 5.94. The van der Waals surface area contributed by atoms with Crippen molar-refractivity contribution in [1.82, 2.24) is 20.8 Å². The summed E-state index contributed by atoms with van der Waals surface area (Å²) < 4.78 is 9.83. The predicted octanol–water partition coefficient (Wildman–Crippen LogP) is 1.86. The van der Waals surface area contributed by atoms with E-state index in [9.17, 15) is 9.59 Å². The number of nitrogens with one attached hydrogen (secondary N) is 2. The molecule has 24 heavy (non-hydrogen) atoms. The van der Waals surface area contributed by atoms with Crippen molar-refractivity contribution in [2.24, 2.45) is 0 Å². The molecule has 2 heterocycles. The van der Waals surface area contributed by atoms with E-state index >= 15 is 0 Å². The normalized spacial score (nSPS) is 10.3. The maximum absolute atomic E-state index is 12.3. The van der Waals surface area contributed by atoms with E-state index in [0.29, 0.717) is 30.2 Å². The summed E-state index contributed by atoms with van der Waals surface area (Å²) in [6, 6.07) is 3.23. The largest absolute Gasteiger partial charge is 0.450 e. The van der Waals surface area contributed by atoms with Gasteiger partial charge < -0.3 is 19.9 Å². The fourth-order valence-electron chi connectivity index (χ4n) is 2.09. The molecule has 8 heteroatoms. The third-order valence-electron chi connectivity index (χ3n) is 3.37. The number of aryl methyl sites for hydroxylation is 2. The van der Waals surface area contributed by atoms with E-state index in [2.05, 4.69) is 20.8 Å².